The number of methoxy groups -OCH3 is 1. The van der Waals surface area contributed by atoms with E-state index in [-0.39, 0.29) is 5.91 Å². The average Bonchev–Trinajstić information content (AvgIpc) is 3.04. The quantitative estimate of drug-likeness (QED) is 0.621. The van der Waals surface area contributed by atoms with Crippen LogP contribution in [0.2, 0.25) is 0 Å². The van der Waals surface area contributed by atoms with Gasteiger partial charge >= 0.3 is 0 Å². The van der Waals surface area contributed by atoms with Crippen LogP contribution in [0.4, 0.5) is 5.69 Å². The van der Waals surface area contributed by atoms with Crippen LogP contribution >= 0.6 is 11.3 Å². The number of fused-ring (bicyclic) bond motifs is 1. The van der Waals surface area contributed by atoms with Crippen molar-refractivity contribution in [1.29, 1.82) is 0 Å². The standard InChI is InChI=1S/C21H25N3O2S/c1-4-23(5-2)17-12-10-16(11-13-17)20(25)22-21-24(14-15-26-3)18-8-6-7-9-19(18)27-21/h6-13H,4-5,14-15H2,1-3H3. The normalized spacial score (nSPS) is 11.9. The lowest BCUT2D eigenvalue weighted by atomic mass is 10.2. The van der Waals surface area contributed by atoms with Gasteiger partial charge in [0, 0.05) is 38.0 Å². The van der Waals surface area contributed by atoms with E-state index in [4.69, 9.17) is 4.74 Å². The first kappa shape index (κ1) is 19.3. The zero-order chi connectivity index (χ0) is 19.2. The van der Waals surface area contributed by atoms with Crippen LogP contribution in [0.3, 0.4) is 0 Å². The zero-order valence-corrected chi connectivity index (χ0v) is 16.8. The lowest BCUT2D eigenvalue weighted by Crippen LogP contribution is -2.21. The van der Waals surface area contributed by atoms with Crippen LogP contribution < -0.4 is 9.70 Å². The molecule has 3 aromatic rings. The molecule has 0 atom stereocenters. The van der Waals surface area contributed by atoms with Gasteiger partial charge in [-0.25, -0.2) is 0 Å². The van der Waals surface area contributed by atoms with Gasteiger partial charge in [-0.15, -0.1) is 0 Å². The number of hydrogen-bond acceptors (Lipinski definition) is 4. The minimum Gasteiger partial charge on any atom is -0.383 e. The minimum atomic E-state index is -0.223. The molecule has 0 unspecified atom stereocenters. The predicted octanol–water partition coefficient (Wildman–Crippen LogP) is 3.94. The van der Waals surface area contributed by atoms with E-state index >= 15 is 0 Å². The third kappa shape index (κ3) is 4.28. The molecule has 0 N–H and O–H groups in total. The fraction of sp³-hybridized carbons (Fsp3) is 0.333. The van der Waals surface area contributed by atoms with E-state index in [0.717, 1.165) is 29.0 Å². The number of aromatic nitrogens is 1. The third-order valence-corrected chi connectivity index (χ3v) is 5.61. The Bertz CT molecular complexity index is 969. The van der Waals surface area contributed by atoms with Gasteiger partial charge in [0.2, 0.25) is 0 Å². The Morgan fingerprint density at radius 3 is 2.48 bits per heavy atom. The van der Waals surface area contributed by atoms with Crippen LogP contribution in [0.1, 0.15) is 24.2 Å². The Morgan fingerprint density at radius 2 is 1.81 bits per heavy atom. The minimum absolute atomic E-state index is 0.223. The van der Waals surface area contributed by atoms with Crippen molar-refractivity contribution in [1.82, 2.24) is 4.57 Å². The summed E-state index contributed by atoms with van der Waals surface area (Å²) in [4.78, 5) is 20.1. The molecule has 0 saturated heterocycles. The SMILES string of the molecule is CCN(CC)c1ccc(C(=O)N=c2sc3ccccc3n2CCOC)cc1. The number of rotatable bonds is 7. The molecule has 1 aromatic heterocycles. The summed E-state index contributed by atoms with van der Waals surface area (Å²) in [6.07, 6.45) is 0. The van der Waals surface area contributed by atoms with Gasteiger partial charge in [0.1, 0.15) is 0 Å². The number of ether oxygens (including phenoxy) is 1. The largest absolute Gasteiger partial charge is 0.383 e. The van der Waals surface area contributed by atoms with Crippen LogP contribution in [0, 0.1) is 0 Å². The molecule has 0 fully saturated rings. The Labute approximate surface area is 163 Å². The monoisotopic (exact) mass is 383 g/mol. The van der Waals surface area contributed by atoms with Crippen molar-refractivity contribution in [2.45, 2.75) is 20.4 Å². The number of benzene rings is 2. The molecule has 0 spiro atoms. The number of amides is 1. The fourth-order valence-corrected chi connectivity index (χ4v) is 4.11. The van der Waals surface area contributed by atoms with Crippen LogP contribution in [-0.2, 0) is 11.3 Å². The molecule has 0 aliphatic carbocycles. The molecule has 1 amide bonds. The van der Waals surface area contributed by atoms with Gasteiger partial charge in [-0.3, -0.25) is 4.79 Å². The summed E-state index contributed by atoms with van der Waals surface area (Å²) in [5.41, 5.74) is 2.79. The second-order valence-corrected chi connectivity index (χ2v) is 7.14. The van der Waals surface area contributed by atoms with Crippen molar-refractivity contribution in [2.24, 2.45) is 4.99 Å². The van der Waals surface area contributed by atoms with Crippen molar-refractivity contribution in [3.8, 4) is 0 Å². The van der Waals surface area contributed by atoms with Gasteiger partial charge in [0.25, 0.3) is 5.91 Å². The molecule has 27 heavy (non-hydrogen) atoms. The Kier molecular flexibility index (Phi) is 6.42. The van der Waals surface area contributed by atoms with E-state index in [2.05, 4.69) is 23.7 Å². The van der Waals surface area contributed by atoms with Crippen LogP contribution in [0.5, 0.6) is 0 Å². The molecule has 0 bridgehead atoms. The number of nitrogens with zero attached hydrogens (tertiary/aromatic N) is 3. The van der Waals surface area contributed by atoms with E-state index in [1.54, 1.807) is 7.11 Å². The summed E-state index contributed by atoms with van der Waals surface area (Å²) < 4.78 is 8.37. The molecule has 5 nitrogen and oxygen atoms in total. The summed E-state index contributed by atoms with van der Waals surface area (Å²) in [6.45, 7) is 7.36. The van der Waals surface area contributed by atoms with Crippen molar-refractivity contribution in [3.63, 3.8) is 0 Å². The summed E-state index contributed by atoms with van der Waals surface area (Å²) in [5.74, 6) is -0.223. The number of thiazole rings is 1. The molecule has 0 saturated carbocycles. The highest BCUT2D eigenvalue weighted by molar-refractivity contribution is 7.16. The lowest BCUT2D eigenvalue weighted by Gasteiger charge is -2.20. The van der Waals surface area contributed by atoms with Crippen molar-refractivity contribution in [2.75, 3.05) is 31.7 Å². The second kappa shape index (κ2) is 8.97. The first-order valence-electron chi connectivity index (χ1n) is 9.19. The number of carbonyl (C=O) groups excluding carboxylic acids is 1. The summed E-state index contributed by atoms with van der Waals surface area (Å²) >= 11 is 1.52. The molecule has 142 valence electrons. The van der Waals surface area contributed by atoms with Crippen LogP contribution in [-0.4, -0.2) is 37.3 Å². The lowest BCUT2D eigenvalue weighted by molar-refractivity contribution is 0.0997. The van der Waals surface area contributed by atoms with Gasteiger partial charge in [0.15, 0.2) is 4.80 Å². The Morgan fingerprint density at radius 1 is 1.11 bits per heavy atom. The van der Waals surface area contributed by atoms with E-state index < -0.39 is 0 Å². The van der Waals surface area contributed by atoms with Crippen LogP contribution in [0.25, 0.3) is 10.2 Å². The van der Waals surface area contributed by atoms with Gasteiger partial charge in [-0.2, -0.15) is 4.99 Å². The maximum Gasteiger partial charge on any atom is 0.279 e. The molecule has 1 heterocycles. The highest BCUT2D eigenvalue weighted by Gasteiger charge is 2.10. The van der Waals surface area contributed by atoms with Crippen LogP contribution in [0.15, 0.2) is 53.5 Å². The number of para-hydroxylation sites is 1. The average molecular weight is 384 g/mol. The van der Waals surface area contributed by atoms with E-state index in [1.165, 1.54) is 11.3 Å². The van der Waals surface area contributed by atoms with Crippen molar-refractivity contribution in [3.05, 3.63) is 58.9 Å². The zero-order valence-electron chi connectivity index (χ0n) is 16.0. The molecular weight excluding hydrogens is 358 g/mol. The fourth-order valence-electron chi connectivity index (χ4n) is 3.06. The van der Waals surface area contributed by atoms with Gasteiger partial charge in [-0.05, 0) is 50.2 Å². The molecule has 0 radical (unpaired) electrons. The number of hydrogen-bond donors (Lipinski definition) is 0. The van der Waals surface area contributed by atoms with E-state index in [9.17, 15) is 4.79 Å². The van der Waals surface area contributed by atoms with Gasteiger partial charge in [0.05, 0.1) is 16.8 Å². The third-order valence-electron chi connectivity index (χ3n) is 4.55. The molecular formula is C21H25N3O2S. The maximum absolute atomic E-state index is 12.7. The van der Waals surface area contributed by atoms with Crippen molar-refractivity contribution >= 4 is 33.1 Å². The molecule has 6 heteroatoms. The molecule has 3 rings (SSSR count). The highest BCUT2D eigenvalue weighted by atomic mass is 32.1. The van der Waals surface area contributed by atoms with E-state index in [0.29, 0.717) is 23.5 Å². The molecule has 2 aromatic carbocycles. The number of carbonyl (C=O) groups is 1. The molecule has 0 aliphatic heterocycles. The summed E-state index contributed by atoms with van der Waals surface area (Å²) in [7, 11) is 1.68. The molecule has 0 aliphatic rings. The summed E-state index contributed by atoms with van der Waals surface area (Å²) in [5, 5.41) is 0. The number of anilines is 1. The summed E-state index contributed by atoms with van der Waals surface area (Å²) in [6, 6.07) is 15.8. The Hall–Kier alpha value is -2.44. The van der Waals surface area contributed by atoms with Gasteiger partial charge < -0.3 is 14.2 Å². The second-order valence-electron chi connectivity index (χ2n) is 6.13. The van der Waals surface area contributed by atoms with Crippen molar-refractivity contribution < 1.29 is 9.53 Å². The smallest absolute Gasteiger partial charge is 0.279 e. The topological polar surface area (TPSA) is 46.8 Å². The Balaban J connectivity index is 1.95. The first-order valence-corrected chi connectivity index (χ1v) is 10.0. The highest BCUT2D eigenvalue weighted by Crippen LogP contribution is 2.18. The maximum atomic E-state index is 12.7. The first-order chi connectivity index (χ1) is 13.2. The van der Waals surface area contributed by atoms with E-state index in [1.807, 2.05) is 53.1 Å². The van der Waals surface area contributed by atoms with Gasteiger partial charge in [-0.1, -0.05) is 23.5 Å². The predicted molar refractivity (Wildman–Crippen MR) is 112 cm³/mol.